The lowest BCUT2D eigenvalue weighted by molar-refractivity contribution is 0.474. The molecule has 0 radical (unpaired) electrons. The zero-order valence-electron chi connectivity index (χ0n) is 17.7. The molecular weight excluding hydrogens is 482 g/mol. The summed E-state index contributed by atoms with van der Waals surface area (Å²) < 4.78 is 15.2. The third kappa shape index (κ3) is 5.49. The van der Waals surface area contributed by atoms with E-state index in [1.807, 2.05) is 31.0 Å². The van der Waals surface area contributed by atoms with Gasteiger partial charge < -0.3 is 15.2 Å². The van der Waals surface area contributed by atoms with Crippen molar-refractivity contribution in [3.8, 4) is 0 Å². The van der Waals surface area contributed by atoms with Gasteiger partial charge in [-0.15, -0.1) is 24.0 Å². The molecular formula is C21H30FIN6. The molecule has 0 unspecified atom stereocenters. The first-order valence-corrected chi connectivity index (χ1v) is 9.58. The molecule has 0 atom stereocenters. The smallest absolute Gasteiger partial charge is 0.193 e. The number of nitrogens with one attached hydrogen (secondary N) is 2. The maximum Gasteiger partial charge on any atom is 0.193 e. The average molecular weight is 512 g/mol. The summed E-state index contributed by atoms with van der Waals surface area (Å²) in [6, 6.07) is 4.85. The first-order chi connectivity index (χ1) is 13.4. The summed E-state index contributed by atoms with van der Waals surface area (Å²) in [7, 11) is 5.77. The highest BCUT2D eigenvalue weighted by molar-refractivity contribution is 14.0. The predicted octanol–water partition coefficient (Wildman–Crippen LogP) is 4.03. The van der Waals surface area contributed by atoms with Gasteiger partial charge in [-0.1, -0.05) is 13.8 Å². The molecule has 2 heterocycles. The van der Waals surface area contributed by atoms with Crippen molar-refractivity contribution in [2.75, 3.05) is 20.6 Å². The van der Waals surface area contributed by atoms with Crippen molar-refractivity contribution in [1.29, 1.82) is 0 Å². The molecule has 0 saturated carbocycles. The van der Waals surface area contributed by atoms with Gasteiger partial charge in [0, 0.05) is 63.1 Å². The molecule has 0 aliphatic carbocycles. The van der Waals surface area contributed by atoms with Crippen LogP contribution in [0.1, 0.15) is 36.6 Å². The molecule has 0 amide bonds. The van der Waals surface area contributed by atoms with Crippen molar-refractivity contribution < 1.29 is 4.39 Å². The van der Waals surface area contributed by atoms with E-state index in [9.17, 15) is 4.39 Å². The molecule has 3 aromatic rings. The first-order valence-electron chi connectivity index (χ1n) is 9.58. The Morgan fingerprint density at radius 3 is 2.79 bits per heavy atom. The molecule has 0 fully saturated rings. The van der Waals surface area contributed by atoms with Crippen molar-refractivity contribution in [1.82, 2.24) is 25.0 Å². The van der Waals surface area contributed by atoms with Gasteiger partial charge in [0.05, 0.1) is 5.69 Å². The van der Waals surface area contributed by atoms with E-state index in [-0.39, 0.29) is 29.8 Å². The Hall–Kier alpha value is -2.10. The van der Waals surface area contributed by atoms with Crippen LogP contribution < -0.4 is 5.32 Å². The van der Waals surface area contributed by atoms with Crippen LogP contribution in [0.5, 0.6) is 0 Å². The molecule has 0 aliphatic heterocycles. The van der Waals surface area contributed by atoms with E-state index in [4.69, 9.17) is 0 Å². The van der Waals surface area contributed by atoms with Crippen molar-refractivity contribution in [2.45, 2.75) is 32.7 Å². The van der Waals surface area contributed by atoms with Crippen LogP contribution in [0.4, 0.5) is 4.39 Å². The second kappa shape index (κ2) is 10.1. The molecule has 3 rings (SSSR count). The summed E-state index contributed by atoms with van der Waals surface area (Å²) >= 11 is 0. The molecule has 2 aromatic heterocycles. The fraction of sp³-hybridized carbons (Fsp3) is 0.429. The van der Waals surface area contributed by atoms with Crippen LogP contribution in [-0.2, 0) is 20.0 Å². The highest BCUT2D eigenvalue weighted by atomic mass is 127. The number of aromatic amines is 1. The van der Waals surface area contributed by atoms with E-state index in [1.165, 1.54) is 17.7 Å². The minimum atomic E-state index is -0.225. The van der Waals surface area contributed by atoms with Crippen LogP contribution in [0, 0.1) is 5.82 Å². The predicted molar refractivity (Wildman–Crippen MR) is 128 cm³/mol. The van der Waals surface area contributed by atoms with Crippen LogP contribution in [-0.4, -0.2) is 46.3 Å². The van der Waals surface area contributed by atoms with Gasteiger partial charge in [-0.05, 0) is 36.1 Å². The number of hydrogen-bond acceptors (Lipinski definition) is 2. The largest absolute Gasteiger partial charge is 0.361 e. The third-order valence-corrected chi connectivity index (χ3v) is 4.87. The molecule has 0 bridgehead atoms. The molecule has 8 heteroatoms. The summed E-state index contributed by atoms with van der Waals surface area (Å²) in [6.45, 7) is 5.80. The van der Waals surface area contributed by atoms with E-state index in [0.29, 0.717) is 5.92 Å². The van der Waals surface area contributed by atoms with E-state index in [0.717, 1.165) is 47.6 Å². The number of aromatic nitrogens is 3. The Morgan fingerprint density at radius 2 is 2.10 bits per heavy atom. The first kappa shape index (κ1) is 23.2. The maximum absolute atomic E-state index is 13.3. The van der Waals surface area contributed by atoms with Crippen molar-refractivity contribution in [2.24, 2.45) is 12.0 Å². The van der Waals surface area contributed by atoms with Crippen LogP contribution in [0.15, 0.2) is 35.6 Å². The standard InChI is InChI=1S/C21H29FN6.HI/c1-14(2)20-16(13-28(5)26-20)12-27(4)21(23-3)24-9-8-15-11-25-19-10-17(22)6-7-18(15)19;/h6-7,10-11,13-14,25H,8-9,12H2,1-5H3,(H,23,24);1H. The third-order valence-electron chi connectivity index (χ3n) is 4.87. The molecule has 0 spiro atoms. The number of aryl methyl sites for hydroxylation is 1. The van der Waals surface area contributed by atoms with Crippen molar-refractivity contribution in [3.63, 3.8) is 0 Å². The quantitative estimate of drug-likeness (QED) is 0.298. The zero-order valence-corrected chi connectivity index (χ0v) is 20.0. The van der Waals surface area contributed by atoms with Crippen LogP contribution >= 0.6 is 24.0 Å². The van der Waals surface area contributed by atoms with Gasteiger partial charge in [0.15, 0.2) is 5.96 Å². The van der Waals surface area contributed by atoms with E-state index >= 15 is 0 Å². The van der Waals surface area contributed by atoms with Crippen LogP contribution in [0.3, 0.4) is 0 Å². The topological polar surface area (TPSA) is 61.2 Å². The normalized spacial score (nSPS) is 11.8. The number of halogens is 2. The lowest BCUT2D eigenvalue weighted by Gasteiger charge is -2.22. The second-order valence-corrected chi connectivity index (χ2v) is 7.45. The number of hydrogen-bond donors (Lipinski definition) is 2. The number of H-pyrrole nitrogens is 1. The van der Waals surface area contributed by atoms with Gasteiger partial charge >= 0.3 is 0 Å². The number of guanidine groups is 1. The molecule has 0 aliphatic rings. The number of benzene rings is 1. The molecule has 1 aromatic carbocycles. The van der Waals surface area contributed by atoms with Crippen molar-refractivity contribution in [3.05, 3.63) is 53.2 Å². The van der Waals surface area contributed by atoms with Gasteiger partial charge in [0.2, 0.25) is 0 Å². The fourth-order valence-electron chi connectivity index (χ4n) is 3.55. The minimum Gasteiger partial charge on any atom is -0.361 e. The Kier molecular flexibility index (Phi) is 8.06. The number of rotatable bonds is 6. The maximum atomic E-state index is 13.3. The summed E-state index contributed by atoms with van der Waals surface area (Å²) in [5.74, 6) is 0.993. The van der Waals surface area contributed by atoms with Gasteiger partial charge in [0.1, 0.15) is 5.82 Å². The molecule has 2 N–H and O–H groups in total. The summed E-state index contributed by atoms with van der Waals surface area (Å²) in [5.41, 5.74) is 4.32. The number of nitrogens with zero attached hydrogens (tertiary/aromatic N) is 4. The molecule has 0 saturated heterocycles. The molecule has 158 valence electrons. The van der Waals surface area contributed by atoms with Gasteiger partial charge in [-0.3, -0.25) is 9.67 Å². The summed E-state index contributed by atoms with van der Waals surface area (Å²) in [6.07, 6.45) is 4.84. The monoisotopic (exact) mass is 512 g/mol. The Balaban J connectivity index is 0.00000300. The van der Waals surface area contributed by atoms with E-state index in [1.54, 1.807) is 7.05 Å². The highest BCUT2D eigenvalue weighted by Gasteiger charge is 2.15. The average Bonchev–Trinajstić information content (AvgIpc) is 3.21. The van der Waals surface area contributed by atoms with E-state index in [2.05, 4.69) is 45.3 Å². The molecule has 6 nitrogen and oxygen atoms in total. The summed E-state index contributed by atoms with van der Waals surface area (Å²) in [5, 5.41) is 9.06. The Bertz CT molecular complexity index is 975. The number of aliphatic imine (C=N–C) groups is 1. The minimum absolute atomic E-state index is 0. The molecule has 29 heavy (non-hydrogen) atoms. The van der Waals surface area contributed by atoms with E-state index < -0.39 is 0 Å². The lowest BCUT2D eigenvalue weighted by Crippen LogP contribution is -2.39. The zero-order chi connectivity index (χ0) is 20.3. The SMILES string of the molecule is CN=C(NCCc1c[nH]c2cc(F)ccc12)N(C)Cc1cn(C)nc1C(C)C.I. The Labute approximate surface area is 188 Å². The fourth-order valence-corrected chi connectivity index (χ4v) is 3.55. The highest BCUT2D eigenvalue weighted by Crippen LogP contribution is 2.20. The van der Waals surface area contributed by atoms with Crippen LogP contribution in [0.2, 0.25) is 0 Å². The van der Waals surface area contributed by atoms with Gasteiger partial charge in [-0.25, -0.2) is 4.39 Å². The van der Waals surface area contributed by atoms with Gasteiger partial charge in [-0.2, -0.15) is 5.10 Å². The number of fused-ring (bicyclic) bond motifs is 1. The van der Waals surface area contributed by atoms with Gasteiger partial charge in [0.25, 0.3) is 0 Å². The second-order valence-electron chi connectivity index (χ2n) is 7.45. The Morgan fingerprint density at radius 1 is 1.34 bits per heavy atom. The van der Waals surface area contributed by atoms with Crippen LogP contribution in [0.25, 0.3) is 10.9 Å². The van der Waals surface area contributed by atoms with Crippen molar-refractivity contribution >= 4 is 40.8 Å². The summed E-state index contributed by atoms with van der Waals surface area (Å²) in [4.78, 5) is 9.65. The lowest BCUT2D eigenvalue weighted by atomic mass is 10.1.